The van der Waals surface area contributed by atoms with Crippen LogP contribution in [-0.4, -0.2) is 22.0 Å². The SMILES string of the molecule is C/C=C/C(=O)NCCCCCc1nc2ccccc2n1Cc1cccc2ccccc12. The average molecular weight is 412 g/mol. The van der Waals surface area contributed by atoms with Crippen molar-refractivity contribution in [2.75, 3.05) is 6.54 Å². The molecule has 4 heteroatoms. The molecule has 0 unspecified atom stereocenters. The molecule has 0 spiro atoms. The third kappa shape index (κ3) is 5.02. The highest BCUT2D eigenvalue weighted by Crippen LogP contribution is 2.24. The lowest BCUT2D eigenvalue weighted by atomic mass is 10.0. The van der Waals surface area contributed by atoms with Crippen LogP contribution in [0, 0.1) is 0 Å². The fourth-order valence-electron chi connectivity index (χ4n) is 4.10. The second kappa shape index (κ2) is 10.1. The van der Waals surface area contributed by atoms with Crippen LogP contribution in [0.5, 0.6) is 0 Å². The van der Waals surface area contributed by atoms with Gasteiger partial charge in [0.25, 0.3) is 0 Å². The molecule has 0 saturated carbocycles. The van der Waals surface area contributed by atoms with Crippen molar-refractivity contribution in [1.29, 1.82) is 0 Å². The van der Waals surface area contributed by atoms with Crippen molar-refractivity contribution in [3.05, 3.63) is 90.3 Å². The molecule has 0 radical (unpaired) electrons. The molecule has 0 fully saturated rings. The summed E-state index contributed by atoms with van der Waals surface area (Å²) in [6.07, 6.45) is 7.35. The van der Waals surface area contributed by atoms with Gasteiger partial charge in [-0.05, 0) is 54.3 Å². The predicted molar refractivity (Wildman–Crippen MR) is 128 cm³/mol. The van der Waals surface area contributed by atoms with E-state index in [0.29, 0.717) is 0 Å². The number of rotatable bonds is 9. The van der Waals surface area contributed by atoms with Crippen LogP contribution in [-0.2, 0) is 17.8 Å². The van der Waals surface area contributed by atoms with Gasteiger partial charge >= 0.3 is 0 Å². The molecule has 0 bridgehead atoms. The minimum Gasteiger partial charge on any atom is -0.353 e. The minimum atomic E-state index is -0.0145. The van der Waals surface area contributed by atoms with E-state index in [1.807, 2.05) is 6.92 Å². The molecule has 0 atom stereocenters. The maximum Gasteiger partial charge on any atom is 0.243 e. The number of amides is 1. The van der Waals surface area contributed by atoms with Gasteiger partial charge in [-0.3, -0.25) is 4.79 Å². The van der Waals surface area contributed by atoms with Crippen molar-refractivity contribution < 1.29 is 4.79 Å². The second-order valence-corrected chi connectivity index (χ2v) is 7.84. The highest BCUT2D eigenvalue weighted by atomic mass is 16.1. The van der Waals surface area contributed by atoms with Gasteiger partial charge in [-0.2, -0.15) is 0 Å². The van der Waals surface area contributed by atoms with E-state index < -0.39 is 0 Å². The van der Waals surface area contributed by atoms with Crippen LogP contribution >= 0.6 is 0 Å². The number of nitrogens with one attached hydrogen (secondary N) is 1. The largest absolute Gasteiger partial charge is 0.353 e. The van der Waals surface area contributed by atoms with Gasteiger partial charge in [0.05, 0.1) is 11.0 Å². The first-order valence-electron chi connectivity index (χ1n) is 11.1. The maximum absolute atomic E-state index is 11.5. The molecule has 0 aliphatic carbocycles. The number of hydrogen-bond donors (Lipinski definition) is 1. The Morgan fingerprint density at radius 1 is 0.968 bits per heavy atom. The molecule has 4 aromatic rings. The van der Waals surface area contributed by atoms with Crippen molar-refractivity contribution in [1.82, 2.24) is 14.9 Å². The van der Waals surface area contributed by atoms with Crippen LogP contribution < -0.4 is 5.32 Å². The number of imidazole rings is 1. The van der Waals surface area contributed by atoms with E-state index in [4.69, 9.17) is 4.98 Å². The Kier molecular flexibility index (Phi) is 6.78. The molecule has 1 heterocycles. The summed E-state index contributed by atoms with van der Waals surface area (Å²) in [7, 11) is 0. The van der Waals surface area contributed by atoms with E-state index in [1.54, 1.807) is 12.2 Å². The molecule has 4 nitrogen and oxygen atoms in total. The fourth-order valence-corrected chi connectivity index (χ4v) is 4.10. The number of unbranched alkanes of at least 4 members (excludes halogenated alkanes) is 2. The summed E-state index contributed by atoms with van der Waals surface area (Å²) in [5.41, 5.74) is 3.55. The number of carbonyl (C=O) groups is 1. The summed E-state index contributed by atoms with van der Waals surface area (Å²) in [6.45, 7) is 3.39. The van der Waals surface area contributed by atoms with Gasteiger partial charge in [-0.1, -0.05) is 67.1 Å². The number of nitrogens with zero attached hydrogens (tertiary/aromatic N) is 2. The number of allylic oxidation sites excluding steroid dienone is 1. The molecule has 1 N–H and O–H groups in total. The van der Waals surface area contributed by atoms with E-state index in [2.05, 4.69) is 76.6 Å². The van der Waals surface area contributed by atoms with Crippen molar-refractivity contribution in [2.24, 2.45) is 0 Å². The van der Waals surface area contributed by atoms with Gasteiger partial charge in [0, 0.05) is 19.5 Å². The summed E-state index contributed by atoms with van der Waals surface area (Å²) in [4.78, 5) is 16.4. The van der Waals surface area contributed by atoms with E-state index in [0.717, 1.165) is 50.1 Å². The van der Waals surface area contributed by atoms with Crippen LogP contribution in [0.25, 0.3) is 21.8 Å². The van der Waals surface area contributed by atoms with Crippen molar-refractivity contribution >= 4 is 27.7 Å². The van der Waals surface area contributed by atoms with Crippen LogP contribution in [0.3, 0.4) is 0 Å². The average Bonchev–Trinajstić information content (AvgIpc) is 3.14. The fraction of sp³-hybridized carbons (Fsp3) is 0.259. The smallest absolute Gasteiger partial charge is 0.243 e. The Balaban J connectivity index is 1.48. The number of hydrogen-bond acceptors (Lipinski definition) is 2. The summed E-state index contributed by atoms with van der Waals surface area (Å²) in [5, 5.41) is 5.48. The number of fused-ring (bicyclic) bond motifs is 2. The summed E-state index contributed by atoms with van der Waals surface area (Å²) in [5.74, 6) is 1.12. The molecule has 0 saturated heterocycles. The number of aryl methyl sites for hydroxylation is 1. The summed E-state index contributed by atoms with van der Waals surface area (Å²) >= 11 is 0. The van der Waals surface area contributed by atoms with Crippen LogP contribution in [0.1, 0.15) is 37.6 Å². The third-order valence-corrected chi connectivity index (χ3v) is 5.64. The van der Waals surface area contributed by atoms with Gasteiger partial charge in [-0.25, -0.2) is 4.98 Å². The van der Waals surface area contributed by atoms with Crippen molar-refractivity contribution in [3.63, 3.8) is 0 Å². The standard InChI is InChI=1S/C27H29N3O/c1-2-11-27(31)28-19-9-3-4-18-26-29-24-16-7-8-17-25(24)30(26)20-22-14-10-13-21-12-5-6-15-23(21)22/h2,5-8,10-17H,3-4,9,18-20H2,1H3,(H,28,31)/b11-2+. The molecular weight excluding hydrogens is 382 g/mol. The van der Waals surface area contributed by atoms with Crippen LogP contribution in [0.4, 0.5) is 0 Å². The van der Waals surface area contributed by atoms with Crippen molar-refractivity contribution in [3.8, 4) is 0 Å². The molecule has 3 aromatic carbocycles. The first kappa shape index (κ1) is 20.9. The number of carbonyl (C=O) groups excluding carboxylic acids is 1. The molecule has 31 heavy (non-hydrogen) atoms. The van der Waals surface area contributed by atoms with Gasteiger partial charge in [0.15, 0.2) is 0 Å². The van der Waals surface area contributed by atoms with E-state index in [1.165, 1.54) is 21.9 Å². The highest BCUT2D eigenvalue weighted by Gasteiger charge is 2.12. The number of para-hydroxylation sites is 2. The highest BCUT2D eigenvalue weighted by molar-refractivity contribution is 5.87. The van der Waals surface area contributed by atoms with Gasteiger partial charge in [-0.15, -0.1) is 0 Å². The number of benzene rings is 3. The van der Waals surface area contributed by atoms with Crippen LogP contribution in [0.2, 0.25) is 0 Å². The first-order valence-corrected chi connectivity index (χ1v) is 11.1. The van der Waals surface area contributed by atoms with Crippen LogP contribution in [0.15, 0.2) is 78.9 Å². The lowest BCUT2D eigenvalue weighted by Crippen LogP contribution is -2.21. The minimum absolute atomic E-state index is 0.0145. The van der Waals surface area contributed by atoms with E-state index in [-0.39, 0.29) is 5.91 Å². The topological polar surface area (TPSA) is 46.9 Å². The first-order chi connectivity index (χ1) is 15.3. The Hall–Kier alpha value is -3.40. The Labute approximate surface area is 183 Å². The summed E-state index contributed by atoms with van der Waals surface area (Å²) < 4.78 is 2.37. The zero-order valence-electron chi connectivity index (χ0n) is 18.1. The molecule has 1 aromatic heterocycles. The zero-order chi connectivity index (χ0) is 21.5. The molecule has 158 valence electrons. The van der Waals surface area contributed by atoms with Crippen molar-refractivity contribution in [2.45, 2.75) is 39.2 Å². The monoisotopic (exact) mass is 411 g/mol. The van der Waals surface area contributed by atoms with E-state index in [9.17, 15) is 4.79 Å². The van der Waals surface area contributed by atoms with Gasteiger partial charge in [0.2, 0.25) is 5.91 Å². The Morgan fingerprint density at radius 2 is 1.77 bits per heavy atom. The number of aromatic nitrogens is 2. The third-order valence-electron chi connectivity index (χ3n) is 5.64. The molecular formula is C27H29N3O. The predicted octanol–water partition coefficient (Wildman–Crippen LogP) is 5.64. The second-order valence-electron chi connectivity index (χ2n) is 7.84. The van der Waals surface area contributed by atoms with Gasteiger partial charge < -0.3 is 9.88 Å². The lowest BCUT2D eigenvalue weighted by Gasteiger charge is -2.12. The summed E-state index contributed by atoms with van der Waals surface area (Å²) in [6, 6.07) is 23.5. The lowest BCUT2D eigenvalue weighted by molar-refractivity contribution is -0.116. The Bertz CT molecular complexity index is 1200. The quantitative estimate of drug-likeness (QED) is 0.286. The van der Waals surface area contributed by atoms with Gasteiger partial charge in [0.1, 0.15) is 5.82 Å². The normalized spacial score (nSPS) is 11.5. The van der Waals surface area contributed by atoms with E-state index >= 15 is 0 Å². The molecule has 4 rings (SSSR count). The molecule has 0 aliphatic rings. The zero-order valence-corrected chi connectivity index (χ0v) is 18.1. The molecule has 0 aliphatic heterocycles. The maximum atomic E-state index is 11.5. The Morgan fingerprint density at radius 3 is 2.68 bits per heavy atom. The molecule has 1 amide bonds.